The monoisotopic (exact) mass is 421 g/mol. The second-order valence-electron chi connectivity index (χ2n) is 6.62. The Labute approximate surface area is 175 Å². The van der Waals surface area contributed by atoms with Crippen LogP contribution in [0.25, 0.3) is 0 Å². The third kappa shape index (κ3) is 6.70. The number of piperazine rings is 1. The molecule has 2 N–H and O–H groups in total. The minimum absolute atomic E-state index is 0.0960. The van der Waals surface area contributed by atoms with Crippen LogP contribution in [-0.4, -0.2) is 60.6 Å². The van der Waals surface area contributed by atoms with Crippen molar-refractivity contribution in [2.45, 2.75) is 38.6 Å². The molecule has 1 fully saturated rings. The first-order valence-electron chi connectivity index (χ1n) is 9.65. The number of hydrogen-bond acceptors (Lipinski definition) is 6. The number of methoxy groups -OCH3 is 1. The molecular formula is C20H27N3O5S. The van der Waals surface area contributed by atoms with Crippen molar-refractivity contribution in [2.24, 2.45) is 0 Å². The van der Waals surface area contributed by atoms with Crippen molar-refractivity contribution in [1.29, 1.82) is 0 Å². The molecule has 2 rings (SSSR count). The number of carbonyl (C=O) groups excluding carboxylic acids is 3. The first-order valence-corrected chi connectivity index (χ1v) is 10.1. The van der Waals surface area contributed by atoms with Gasteiger partial charge < -0.3 is 19.7 Å². The van der Waals surface area contributed by atoms with Gasteiger partial charge in [0.2, 0.25) is 5.91 Å². The highest BCUT2D eigenvalue weighted by Crippen LogP contribution is 2.14. The zero-order valence-corrected chi connectivity index (χ0v) is 17.5. The lowest BCUT2D eigenvalue weighted by Gasteiger charge is -2.36. The summed E-state index contributed by atoms with van der Waals surface area (Å²) in [7, 11) is 1.25. The second kappa shape index (κ2) is 11.4. The Kier molecular flexibility index (Phi) is 8.85. The molecule has 9 heteroatoms. The summed E-state index contributed by atoms with van der Waals surface area (Å²) >= 11 is 5.31. The van der Waals surface area contributed by atoms with E-state index >= 15 is 0 Å². The number of unbranched alkanes of at least 4 members (excludes halogenated alkanes) is 2. The van der Waals surface area contributed by atoms with Gasteiger partial charge in [0, 0.05) is 18.7 Å². The SMILES string of the molecule is CCCCCOc1ccc(C(=O)NC(=S)N2CCNC(=O)[C@H]2CC(=O)OC)cc1. The number of benzene rings is 1. The Bertz CT molecular complexity index is 738. The van der Waals surface area contributed by atoms with Crippen LogP contribution in [-0.2, 0) is 14.3 Å². The van der Waals surface area contributed by atoms with E-state index in [9.17, 15) is 14.4 Å². The highest BCUT2D eigenvalue weighted by atomic mass is 32.1. The molecular weight excluding hydrogens is 394 g/mol. The van der Waals surface area contributed by atoms with Gasteiger partial charge in [-0.2, -0.15) is 0 Å². The number of rotatable bonds is 8. The highest BCUT2D eigenvalue weighted by molar-refractivity contribution is 7.80. The molecule has 2 amide bonds. The van der Waals surface area contributed by atoms with Gasteiger partial charge in [0.1, 0.15) is 11.8 Å². The van der Waals surface area contributed by atoms with Crippen molar-refractivity contribution >= 4 is 35.1 Å². The molecule has 1 aliphatic rings. The number of nitrogens with one attached hydrogen (secondary N) is 2. The van der Waals surface area contributed by atoms with E-state index in [2.05, 4.69) is 22.3 Å². The maximum absolute atomic E-state index is 12.5. The number of ether oxygens (including phenoxy) is 2. The Balaban J connectivity index is 1.95. The molecule has 1 aliphatic heterocycles. The van der Waals surface area contributed by atoms with Crippen LogP contribution in [0.2, 0.25) is 0 Å². The molecule has 1 aromatic rings. The van der Waals surface area contributed by atoms with E-state index in [4.69, 9.17) is 17.0 Å². The number of thiocarbonyl (C=S) groups is 1. The fourth-order valence-corrected chi connectivity index (χ4v) is 3.20. The Morgan fingerprint density at radius 3 is 2.66 bits per heavy atom. The second-order valence-corrected chi connectivity index (χ2v) is 7.01. The summed E-state index contributed by atoms with van der Waals surface area (Å²) in [5.74, 6) is -0.551. The molecule has 0 saturated carbocycles. The van der Waals surface area contributed by atoms with Crippen molar-refractivity contribution in [3.63, 3.8) is 0 Å². The zero-order valence-electron chi connectivity index (χ0n) is 16.7. The first-order chi connectivity index (χ1) is 14.0. The Morgan fingerprint density at radius 2 is 2.00 bits per heavy atom. The molecule has 0 radical (unpaired) electrons. The minimum Gasteiger partial charge on any atom is -0.494 e. The highest BCUT2D eigenvalue weighted by Gasteiger charge is 2.34. The summed E-state index contributed by atoms with van der Waals surface area (Å²) in [4.78, 5) is 37.8. The number of amides is 2. The van der Waals surface area contributed by atoms with Crippen molar-refractivity contribution in [3.8, 4) is 5.75 Å². The predicted octanol–water partition coefficient (Wildman–Crippen LogP) is 1.63. The summed E-state index contributed by atoms with van der Waals surface area (Å²) in [5.41, 5.74) is 0.416. The van der Waals surface area contributed by atoms with Crippen LogP contribution >= 0.6 is 12.2 Å². The van der Waals surface area contributed by atoms with Gasteiger partial charge in [-0.3, -0.25) is 19.7 Å². The number of carbonyl (C=O) groups is 3. The summed E-state index contributed by atoms with van der Waals surface area (Å²) in [6, 6.07) is 5.96. The molecule has 0 aromatic heterocycles. The Hall–Kier alpha value is -2.68. The molecule has 8 nitrogen and oxygen atoms in total. The van der Waals surface area contributed by atoms with Gasteiger partial charge in [-0.05, 0) is 42.9 Å². The largest absolute Gasteiger partial charge is 0.494 e. The Morgan fingerprint density at radius 1 is 1.28 bits per heavy atom. The molecule has 1 heterocycles. The summed E-state index contributed by atoms with van der Waals surface area (Å²) in [6.07, 6.45) is 3.08. The van der Waals surface area contributed by atoms with E-state index in [0.717, 1.165) is 19.3 Å². The van der Waals surface area contributed by atoms with Crippen molar-refractivity contribution in [3.05, 3.63) is 29.8 Å². The lowest BCUT2D eigenvalue weighted by Crippen LogP contribution is -2.60. The molecule has 0 unspecified atom stereocenters. The summed E-state index contributed by atoms with van der Waals surface area (Å²) in [5, 5.41) is 5.42. The van der Waals surface area contributed by atoms with E-state index in [0.29, 0.717) is 31.0 Å². The molecule has 1 atom stereocenters. The van der Waals surface area contributed by atoms with Crippen LogP contribution in [0.1, 0.15) is 43.0 Å². The van der Waals surface area contributed by atoms with Crippen LogP contribution in [0, 0.1) is 0 Å². The molecule has 0 aliphatic carbocycles. The standard InChI is InChI=1S/C20H27N3O5S/c1-3-4-5-12-28-15-8-6-14(7-9-15)18(25)22-20(29)23-11-10-21-19(26)16(23)13-17(24)27-2/h6-9,16H,3-5,10-13H2,1-2H3,(H,21,26)(H,22,25,29)/t16-/m1/s1. The van der Waals surface area contributed by atoms with Gasteiger partial charge >= 0.3 is 5.97 Å². The lowest BCUT2D eigenvalue weighted by atomic mass is 10.1. The predicted molar refractivity (Wildman–Crippen MR) is 112 cm³/mol. The number of esters is 1. The van der Waals surface area contributed by atoms with Gasteiger partial charge in [0.15, 0.2) is 5.11 Å². The van der Waals surface area contributed by atoms with Gasteiger partial charge in [0.25, 0.3) is 5.91 Å². The average molecular weight is 422 g/mol. The van der Waals surface area contributed by atoms with Gasteiger partial charge in [0.05, 0.1) is 20.1 Å². The maximum atomic E-state index is 12.5. The minimum atomic E-state index is -0.817. The summed E-state index contributed by atoms with van der Waals surface area (Å²) < 4.78 is 10.3. The third-order valence-corrected chi connectivity index (χ3v) is 4.87. The molecule has 29 heavy (non-hydrogen) atoms. The van der Waals surface area contributed by atoms with E-state index in [-0.39, 0.29) is 17.4 Å². The van der Waals surface area contributed by atoms with E-state index in [1.807, 2.05) is 0 Å². The van der Waals surface area contributed by atoms with Crippen molar-refractivity contribution < 1.29 is 23.9 Å². The van der Waals surface area contributed by atoms with Gasteiger partial charge in [-0.15, -0.1) is 0 Å². The van der Waals surface area contributed by atoms with Gasteiger partial charge in [-0.25, -0.2) is 0 Å². The van der Waals surface area contributed by atoms with E-state index in [1.165, 1.54) is 12.0 Å². The topological polar surface area (TPSA) is 97.0 Å². The quantitative estimate of drug-likeness (QED) is 0.374. The number of hydrogen-bond donors (Lipinski definition) is 2. The average Bonchev–Trinajstić information content (AvgIpc) is 2.72. The fourth-order valence-electron chi connectivity index (χ4n) is 2.89. The van der Waals surface area contributed by atoms with Crippen LogP contribution in [0.4, 0.5) is 0 Å². The lowest BCUT2D eigenvalue weighted by molar-refractivity contribution is -0.144. The van der Waals surface area contributed by atoms with Gasteiger partial charge in [-0.1, -0.05) is 19.8 Å². The van der Waals surface area contributed by atoms with E-state index < -0.39 is 17.9 Å². The normalized spacial score (nSPS) is 16.0. The van der Waals surface area contributed by atoms with Crippen LogP contribution in [0.5, 0.6) is 5.75 Å². The van der Waals surface area contributed by atoms with Crippen LogP contribution in [0.15, 0.2) is 24.3 Å². The van der Waals surface area contributed by atoms with E-state index in [1.54, 1.807) is 24.3 Å². The molecule has 1 saturated heterocycles. The van der Waals surface area contributed by atoms with Crippen LogP contribution < -0.4 is 15.4 Å². The smallest absolute Gasteiger partial charge is 0.308 e. The zero-order chi connectivity index (χ0) is 21.2. The maximum Gasteiger partial charge on any atom is 0.308 e. The first kappa shape index (κ1) is 22.6. The van der Waals surface area contributed by atoms with Crippen molar-refractivity contribution in [2.75, 3.05) is 26.8 Å². The number of nitrogens with zero attached hydrogens (tertiary/aromatic N) is 1. The van der Waals surface area contributed by atoms with Crippen molar-refractivity contribution in [1.82, 2.24) is 15.5 Å². The molecule has 0 spiro atoms. The third-order valence-electron chi connectivity index (χ3n) is 4.53. The fraction of sp³-hybridized carbons (Fsp3) is 0.500. The summed E-state index contributed by atoms with van der Waals surface area (Å²) in [6.45, 7) is 3.53. The molecule has 0 bridgehead atoms. The molecule has 1 aromatic carbocycles. The van der Waals surface area contributed by atoms with Crippen LogP contribution in [0.3, 0.4) is 0 Å². The molecule has 158 valence electrons.